The molecule has 6 nitrogen and oxygen atoms in total. The minimum absolute atomic E-state index is 0.0594. The molecule has 142 valence electrons. The van der Waals surface area contributed by atoms with E-state index < -0.39 is 0 Å². The van der Waals surface area contributed by atoms with Crippen molar-refractivity contribution in [1.82, 2.24) is 9.55 Å². The van der Waals surface area contributed by atoms with E-state index in [0.29, 0.717) is 23.4 Å². The maximum Gasteiger partial charge on any atom is 0.316 e. The number of fused-ring (bicyclic) bond motifs is 3. The Balaban J connectivity index is 1.83. The maximum atomic E-state index is 13.4. The van der Waals surface area contributed by atoms with Crippen LogP contribution in [-0.4, -0.2) is 28.4 Å². The van der Waals surface area contributed by atoms with Gasteiger partial charge in [0.1, 0.15) is 10.6 Å². The van der Waals surface area contributed by atoms with Gasteiger partial charge in [-0.1, -0.05) is 18.7 Å². The van der Waals surface area contributed by atoms with Crippen LogP contribution in [0, 0.1) is 5.92 Å². The van der Waals surface area contributed by atoms with Crippen LogP contribution in [0.1, 0.15) is 29.5 Å². The smallest absolute Gasteiger partial charge is 0.316 e. The van der Waals surface area contributed by atoms with Gasteiger partial charge in [-0.2, -0.15) is 0 Å². The molecule has 0 radical (unpaired) electrons. The number of hydrogen-bond acceptors (Lipinski definition) is 7. The average Bonchev–Trinajstić information content (AvgIpc) is 3.29. The summed E-state index contributed by atoms with van der Waals surface area (Å²) in [6.07, 6.45) is 4.60. The van der Waals surface area contributed by atoms with Crippen LogP contribution in [0.15, 0.2) is 32.8 Å². The molecule has 3 heterocycles. The van der Waals surface area contributed by atoms with Crippen molar-refractivity contribution >= 4 is 39.3 Å². The number of ether oxygens (including phenoxy) is 1. The lowest BCUT2D eigenvalue weighted by Crippen LogP contribution is -2.25. The summed E-state index contributed by atoms with van der Waals surface area (Å²) in [5.74, 6) is 1.06. The fourth-order valence-electron chi connectivity index (χ4n) is 3.40. The van der Waals surface area contributed by atoms with Crippen molar-refractivity contribution in [3.8, 4) is 0 Å². The Kier molecular flexibility index (Phi) is 5.10. The molecule has 0 aromatic carbocycles. The summed E-state index contributed by atoms with van der Waals surface area (Å²) in [4.78, 5) is 31.7. The number of methoxy groups -OCH3 is 1. The molecule has 8 heteroatoms. The molecule has 0 bridgehead atoms. The highest BCUT2D eigenvalue weighted by atomic mass is 32.2. The van der Waals surface area contributed by atoms with Crippen molar-refractivity contribution in [1.29, 1.82) is 0 Å². The van der Waals surface area contributed by atoms with Gasteiger partial charge in [0.15, 0.2) is 5.16 Å². The van der Waals surface area contributed by atoms with E-state index in [4.69, 9.17) is 14.1 Å². The van der Waals surface area contributed by atoms with Crippen LogP contribution < -0.4 is 5.56 Å². The molecule has 0 saturated carbocycles. The first-order valence-electron chi connectivity index (χ1n) is 8.84. The van der Waals surface area contributed by atoms with Gasteiger partial charge >= 0.3 is 5.97 Å². The molecule has 0 fully saturated rings. The first-order valence-corrected chi connectivity index (χ1v) is 10.6. The number of rotatable bonds is 5. The topological polar surface area (TPSA) is 74.3 Å². The number of furan rings is 1. The molecule has 4 rings (SSSR count). The minimum atomic E-state index is -0.349. The first-order chi connectivity index (χ1) is 13.1. The summed E-state index contributed by atoms with van der Waals surface area (Å²) in [6.45, 7) is 2.53. The van der Waals surface area contributed by atoms with Gasteiger partial charge in [0.05, 0.1) is 31.1 Å². The zero-order chi connectivity index (χ0) is 19.0. The third-order valence-electron chi connectivity index (χ3n) is 4.82. The van der Waals surface area contributed by atoms with E-state index in [1.54, 1.807) is 28.2 Å². The van der Waals surface area contributed by atoms with Gasteiger partial charge < -0.3 is 9.15 Å². The van der Waals surface area contributed by atoms with E-state index in [2.05, 4.69) is 6.92 Å². The number of esters is 1. The van der Waals surface area contributed by atoms with E-state index in [-0.39, 0.29) is 17.3 Å². The largest absolute Gasteiger partial charge is 0.468 e. The lowest BCUT2D eigenvalue weighted by molar-refractivity contribution is -0.137. The van der Waals surface area contributed by atoms with Crippen molar-refractivity contribution < 1.29 is 13.9 Å². The number of nitrogens with zero attached hydrogens (tertiary/aromatic N) is 2. The molecule has 0 N–H and O–H groups in total. The van der Waals surface area contributed by atoms with Crippen molar-refractivity contribution in [3.63, 3.8) is 0 Å². The lowest BCUT2D eigenvalue weighted by atomic mass is 9.89. The fourth-order valence-corrected chi connectivity index (χ4v) is 5.65. The predicted molar refractivity (Wildman–Crippen MR) is 106 cm³/mol. The molecule has 1 unspecified atom stereocenters. The second-order valence-electron chi connectivity index (χ2n) is 6.76. The Morgan fingerprint density at radius 2 is 2.37 bits per heavy atom. The highest BCUT2D eigenvalue weighted by Gasteiger charge is 2.25. The van der Waals surface area contributed by atoms with Crippen LogP contribution in [0.5, 0.6) is 0 Å². The molecule has 27 heavy (non-hydrogen) atoms. The molecule has 1 aliphatic rings. The highest BCUT2D eigenvalue weighted by molar-refractivity contribution is 7.99. The van der Waals surface area contributed by atoms with Gasteiger partial charge in [0.25, 0.3) is 5.56 Å². The standard InChI is InChI=1S/C19H20N2O4S2/c1-11-5-6-13-14(8-11)27-17-16(13)18(23)21(9-12-4-3-7-25-12)19(20-17)26-10-15(22)24-2/h3-4,7,11H,5-6,8-10H2,1-2H3. The second kappa shape index (κ2) is 7.52. The van der Waals surface area contributed by atoms with Gasteiger partial charge in [-0.3, -0.25) is 14.2 Å². The van der Waals surface area contributed by atoms with Crippen LogP contribution >= 0.6 is 23.1 Å². The first kappa shape index (κ1) is 18.3. The Bertz CT molecular complexity index is 1040. The van der Waals surface area contributed by atoms with Crippen molar-refractivity contribution in [2.45, 2.75) is 37.9 Å². The number of thiophene rings is 1. The molecule has 0 spiro atoms. The SMILES string of the molecule is COC(=O)CSc1nc2sc3c(c2c(=O)n1Cc1ccco1)CCC(C)C3. The molecule has 1 aliphatic carbocycles. The summed E-state index contributed by atoms with van der Waals surface area (Å²) in [5.41, 5.74) is 1.10. The second-order valence-corrected chi connectivity index (χ2v) is 8.79. The van der Waals surface area contributed by atoms with Gasteiger partial charge in [0, 0.05) is 4.88 Å². The average molecular weight is 405 g/mol. The van der Waals surface area contributed by atoms with Crippen molar-refractivity contribution in [3.05, 3.63) is 45.0 Å². The fraction of sp³-hybridized carbons (Fsp3) is 0.421. The monoisotopic (exact) mass is 404 g/mol. The van der Waals surface area contributed by atoms with Gasteiger partial charge in [-0.25, -0.2) is 4.98 Å². The third-order valence-corrected chi connectivity index (χ3v) is 6.92. The van der Waals surface area contributed by atoms with Crippen LogP contribution in [0.25, 0.3) is 10.2 Å². The van der Waals surface area contributed by atoms with Crippen LogP contribution in [0.2, 0.25) is 0 Å². The number of aryl methyl sites for hydroxylation is 1. The molecule has 0 aliphatic heterocycles. The summed E-state index contributed by atoms with van der Waals surface area (Å²) in [5, 5.41) is 1.25. The summed E-state index contributed by atoms with van der Waals surface area (Å²) in [7, 11) is 1.35. The maximum absolute atomic E-state index is 13.4. The summed E-state index contributed by atoms with van der Waals surface area (Å²) in [6, 6.07) is 3.62. The lowest BCUT2D eigenvalue weighted by Gasteiger charge is -2.17. The molecule has 0 saturated heterocycles. The van der Waals surface area contributed by atoms with Crippen LogP contribution in [-0.2, 0) is 28.9 Å². The molecular formula is C19H20N2O4S2. The molecule has 1 atom stereocenters. The van der Waals surface area contributed by atoms with E-state index in [1.165, 1.54) is 23.7 Å². The Labute approximate surface area is 164 Å². The predicted octanol–water partition coefficient (Wildman–Crippen LogP) is 3.49. The Morgan fingerprint density at radius 3 is 3.11 bits per heavy atom. The van der Waals surface area contributed by atoms with E-state index >= 15 is 0 Å². The zero-order valence-corrected chi connectivity index (χ0v) is 16.8. The number of carbonyl (C=O) groups excluding carboxylic acids is 1. The van der Waals surface area contributed by atoms with Crippen molar-refractivity contribution in [2.24, 2.45) is 5.92 Å². The molecule has 0 amide bonds. The molecular weight excluding hydrogens is 384 g/mol. The number of thioether (sulfide) groups is 1. The van der Waals surface area contributed by atoms with Crippen LogP contribution in [0.3, 0.4) is 0 Å². The number of hydrogen-bond donors (Lipinski definition) is 0. The highest BCUT2D eigenvalue weighted by Crippen LogP contribution is 2.36. The normalized spacial score (nSPS) is 16.4. The zero-order valence-electron chi connectivity index (χ0n) is 15.2. The number of carbonyl (C=O) groups is 1. The van der Waals surface area contributed by atoms with E-state index in [9.17, 15) is 9.59 Å². The quantitative estimate of drug-likeness (QED) is 0.368. The Morgan fingerprint density at radius 1 is 1.52 bits per heavy atom. The van der Waals surface area contributed by atoms with Gasteiger partial charge in [-0.15, -0.1) is 11.3 Å². The minimum Gasteiger partial charge on any atom is -0.468 e. The van der Waals surface area contributed by atoms with Gasteiger partial charge in [-0.05, 0) is 42.9 Å². The van der Waals surface area contributed by atoms with E-state index in [1.807, 2.05) is 6.07 Å². The summed E-state index contributed by atoms with van der Waals surface area (Å²) >= 11 is 2.83. The van der Waals surface area contributed by atoms with E-state index in [0.717, 1.165) is 35.0 Å². The number of aromatic nitrogens is 2. The third kappa shape index (κ3) is 3.55. The summed E-state index contributed by atoms with van der Waals surface area (Å²) < 4.78 is 11.8. The van der Waals surface area contributed by atoms with Gasteiger partial charge in [0.2, 0.25) is 0 Å². The Hall–Kier alpha value is -2.06. The van der Waals surface area contributed by atoms with Crippen LogP contribution in [0.4, 0.5) is 0 Å². The molecule has 3 aromatic heterocycles. The molecule has 3 aromatic rings. The van der Waals surface area contributed by atoms with Crippen molar-refractivity contribution in [2.75, 3.05) is 12.9 Å².